The number of ether oxygens (including phenoxy) is 1. The Kier molecular flexibility index (Phi) is 4.03. The average molecular weight is 239 g/mol. The SMILES string of the molecule is CC(C)(CN)OC(C(F)(F)F)C(F)(F)F. The Morgan fingerprint density at radius 3 is 1.53 bits per heavy atom. The molecule has 0 bridgehead atoms. The summed E-state index contributed by atoms with van der Waals surface area (Å²) in [5.74, 6) is 0. The van der Waals surface area contributed by atoms with Gasteiger partial charge < -0.3 is 10.5 Å². The number of rotatable bonds is 3. The third-order valence-corrected chi connectivity index (χ3v) is 1.52. The number of alkyl halides is 6. The highest BCUT2D eigenvalue weighted by Gasteiger charge is 2.59. The smallest absolute Gasteiger partial charge is 0.354 e. The Morgan fingerprint density at radius 2 is 1.33 bits per heavy atom. The Labute approximate surface area is 82.4 Å². The van der Waals surface area contributed by atoms with E-state index in [2.05, 4.69) is 4.74 Å². The van der Waals surface area contributed by atoms with E-state index >= 15 is 0 Å². The monoisotopic (exact) mass is 239 g/mol. The predicted octanol–water partition coefficient (Wildman–Crippen LogP) is 2.23. The molecule has 0 aliphatic carbocycles. The van der Waals surface area contributed by atoms with Crippen molar-refractivity contribution in [2.45, 2.75) is 37.9 Å². The number of hydrogen-bond acceptors (Lipinski definition) is 2. The summed E-state index contributed by atoms with van der Waals surface area (Å²) in [5.41, 5.74) is 3.30. The fourth-order valence-corrected chi connectivity index (χ4v) is 0.686. The summed E-state index contributed by atoms with van der Waals surface area (Å²) in [4.78, 5) is 0. The minimum atomic E-state index is -5.50. The molecule has 0 aliphatic heterocycles. The van der Waals surface area contributed by atoms with Crippen LogP contribution >= 0.6 is 0 Å². The van der Waals surface area contributed by atoms with E-state index < -0.39 is 30.6 Å². The fraction of sp³-hybridized carbons (Fsp3) is 1.00. The van der Waals surface area contributed by atoms with E-state index in [1.807, 2.05) is 0 Å². The highest BCUT2D eigenvalue weighted by molar-refractivity contribution is 4.81. The van der Waals surface area contributed by atoms with Crippen molar-refractivity contribution >= 4 is 0 Å². The van der Waals surface area contributed by atoms with Crippen LogP contribution in [0.25, 0.3) is 0 Å². The van der Waals surface area contributed by atoms with Crippen molar-refractivity contribution in [3.63, 3.8) is 0 Å². The van der Waals surface area contributed by atoms with Gasteiger partial charge in [0.1, 0.15) is 0 Å². The third kappa shape index (κ3) is 4.70. The van der Waals surface area contributed by atoms with Gasteiger partial charge in [-0.3, -0.25) is 0 Å². The third-order valence-electron chi connectivity index (χ3n) is 1.52. The summed E-state index contributed by atoms with van der Waals surface area (Å²) in [6, 6.07) is 0. The molecule has 0 unspecified atom stereocenters. The Hall–Kier alpha value is -0.500. The molecule has 0 aromatic carbocycles. The van der Waals surface area contributed by atoms with Crippen LogP contribution in [0.4, 0.5) is 26.3 Å². The minimum absolute atomic E-state index is 0.449. The molecule has 0 radical (unpaired) electrons. The van der Waals surface area contributed by atoms with Crippen molar-refractivity contribution in [3.05, 3.63) is 0 Å². The predicted molar refractivity (Wildman–Crippen MR) is 40.1 cm³/mol. The summed E-state index contributed by atoms with van der Waals surface area (Å²) in [6.45, 7) is 1.66. The molecule has 0 saturated carbocycles. The van der Waals surface area contributed by atoms with Crippen molar-refractivity contribution in [1.82, 2.24) is 0 Å². The number of halogens is 6. The second-order valence-electron chi connectivity index (χ2n) is 3.54. The molecule has 0 aromatic rings. The molecule has 2 nitrogen and oxygen atoms in total. The summed E-state index contributed by atoms with van der Waals surface area (Å²) in [5, 5.41) is 0. The van der Waals surface area contributed by atoms with Crippen molar-refractivity contribution in [1.29, 1.82) is 0 Å². The lowest BCUT2D eigenvalue weighted by atomic mass is 10.1. The van der Waals surface area contributed by atoms with Crippen molar-refractivity contribution < 1.29 is 31.1 Å². The Morgan fingerprint density at radius 1 is 1.00 bits per heavy atom. The summed E-state index contributed by atoms with van der Waals surface area (Å²) in [7, 11) is 0. The van der Waals surface area contributed by atoms with Crippen molar-refractivity contribution in [2.24, 2.45) is 5.73 Å². The van der Waals surface area contributed by atoms with Gasteiger partial charge in [-0.15, -0.1) is 0 Å². The molecule has 0 amide bonds. The second-order valence-corrected chi connectivity index (χ2v) is 3.54. The molecule has 2 N–H and O–H groups in total. The van der Waals surface area contributed by atoms with E-state index in [4.69, 9.17) is 5.73 Å². The summed E-state index contributed by atoms with van der Waals surface area (Å²) in [6.07, 6.45) is -14.8. The van der Waals surface area contributed by atoms with E-state index in [0.29, 0.717) is 0 Å². The van der Waals surface area contributed by atoms with Gasteiger partial charge in [-0.2, -0.15) is 26.3 Å². The van der Waals surface area contributed by atoms with Gasteiger partial charge >= 0.3 is 12.4 Å². The van der Waals surface area contributed by atoms with Gasteiger partial charge in [-0.1, -0.05) is 0 Å². The van der Waals surface area contributed by atoms with E-state index in [1.165, 1.54) is 0 Å². The maximum atomic E-state index is 12.0. The normalized spacial score (nSPS) is 14.8. The zero-order valence-electron chi connectivity index (χ0n) is 8.04. The quantitative estimate of drug-likeness (QED) is 0.766. The van der Waals surface area contributed by atoms with Crippen molar-refractivity contribution in [3.8, 4) is 0 Å². The van der Waals surface area contributed by atoms with Crippen LogP contribution in [0.2, 0.25) is 0 Å². The van der Waals surface area contributed by atoms with Gasteiger partial charge in [0.2, 0.25) is 6.10 Å². The van der Waals surface area contributed by atoms with E-state index in [0.717, 1.165) is 13.8 Å². The standard InChI is InChI=1S/C7H11F6NO/c1-5(2,3-14)15-4(6(8,9)10)7(11,12)13/h4H,3,14H2,1-2H3. The highest BCUT2D eigenvalue weighted by atomic mass is 19.4. The summed E-state index contributed by atoms with van der Waals surface area (Å²) < 4.78 is 75.9. The molecule has 0 aliphatic rings. The van der Waals surface area contributed by atoms with Gasteiger partial charge in [0, 0.05) is 6.54 Å². The molecule has 8 heteroatoms. The highest BCUT2D eigenvalue weighted by Crippen LogP contribution is 2.37. The second kappa shape index (κ2) is 4.17. The first-order chi connectivity index (χ1) is 6.40. The lowest BCUT2D eigenvalue weighted by Gasteiger charge is -2.31. The first-order valence-electron chi connectivity index (χ1n) is 3.91. The molecule has 0 rings (SSSR count). The zero-order chi connectivity index (χ0) is 12.5. The maximum Gasteiger partial charge on any atom is 0.423 e. The molecule has 92 valence electrons. The fourth-order valence-electron chi connectivity index (χ4n) is 0.686. The number of hydrogen-bond donors (Lipinski definition) is 1. The van der Waals surface area contributed by atoms with E-state index in [9.17, 15) is 26.3 Å². The molecular formula is C7H11F6NO. The van der Waals surface area contributed by atoms with Gasteiger partial charge in [-0.05, 0) is 13.8 Å². The van der Waals surface area contributed by atoms with Crippen LogP contribution in [0.3, 0.4) is 0 Å². The Balaban J connectivity index is 4.85. The molecule has 15 heavy (non-hydrogen) atoms. The van der Waals surface area contributed by atoms with Crippen LogP contribution in [0.5, 0.6) is 0 Å². The molecule has 0 heterocycles. The molecule has 0 saturated heterocycles. The van der Waals surface area contributed by atoms with Gasteiger partial charge in [0.15, 0.2) is 0 Å². The van der Waals surface area contributed by atoms with Gasteiger partial charge in [-0.25, -0.2) is 0 Å². The van der Waals surface area contributed by atoms with Crippen LogP contribution in [0, 0.1) is 0 Å². The maximum absolute atomic E-state index is 12.0. The first-order valence-corrected chi connectivity index (χ1v) is 3.91. The van der Waals surface area contributed by atoms with E-state index in [1.54, 1.807) is 0 Å². The minimum Gasteiger partial charge on any atom is -0.354 e. The molecule has 0 aromatic heterocycles. The van der Waals surface area contributed by atoms with Crippen molar-refractivity contribution in [2.75, 3.05) is 6.54 Å². The average Bonchev–Trinajstić information content (AvgIpc) is 1.96. The Bertz CT molecular complexity index is 195. The van der Waals surface area contributed by atoms with Crippen LogP contribution in [-0.2, 0) is 4.74 Å². The molecule has 0 atom stereocenters. The van der Waals surface area contributed by atoms with Crippen LogP contribution in [0.1, 0.15) is 13.8 Å². The number of nitrogens with two attached hydrogens (primary N) is 1. The molecule has 0 fully saturated rings. The first kappa shape index (κ1) is 14.5. The van der Waals surface area contributed by atoms with Gasteiger partial charge in [0.05, 0.1) is 5.60 Å². The van der Waals surface area contributed by atoms with Crippen LogP contribution < -0.4 is 5.73 Å². The topological polar surface area (TPSA) is 35.2 Å². The molecule has 0 spiro atoms. The lowest BCUT2D eigenvalue weighted by Crippen LogP contribution is -2.50. The van der Waals surface area contributed by atoms with Gasteiger partial charge in [0.25, 0.3) is 0 Å². The lowest BCUT2D eigenvalue weighted by molar-refractivity contribution is -0.340. The van der Waals surface area contributed by atoms with E-state index in [-0.39, 0.29) is 0 Å². The molecular weight excluding hydrogens is 228 g/mol. The van der Waals surface area contributed by atoms with Crippen LogP contribution in [-0.4, -0.2) is 30.6 Å². The largest absolute Gasteiger partial charge is 0.423 e. The zero-order valence-corrected chi connectivity index (χ0v) is 8.04. The summed E-state index contributed by atoms with van der Waals surface area (Å²) >= 11 is 0. The van der Waals surface area contributed by atoms with Crippen LogP contribution in [0.15, 0.2) is 0 Å².